The highest BCUT2D eigenvalue weighted by atomic mass is 16.4. The summed E-state index contributed by atoms with van der Waals surface area (Å²) in [4.78, 5) is 14.1. The van der Waals surface area contributed by atoms with Gasteiger partial charge in [-0.05, 0) is 11.1 Å². The summed E-state index contributed by atoms with van der Waals surface area (Å²) in [6.07, 6.45) is 4.06. The van der Waals surface area contributed by atoms with E-state index in [1.165, 1.54) is 0 Å². The highest BCUT2D eigenvalue weighted by Crippen LogP contribution is 2.32. The molecule has 4 nitrogen and oxygen atoms in total. The topological polar surface area (TPSA) is 79.1 Å². The minimum absolute atomic E-state index is 0.156. The number of para-hydroxylation sites is 1. The first-order chi connectivity index (χ1) is 9.36. The number of carboxylic acids is 1. The van der Waals surface area contributed by atoms with Crippen LogP contribution in [0.1, 0.15) is 25.0 Å². The fourth-order valence-electron chi connectivity index (χ4n) is 2.35. The van der Waals surface area contributed by atoms with Gasteiger partial charge in [0.1, 0.15) is 6.04 Å². The Labute approximate surface area is 118 Å². The van der Waals surface area contributed by atoms with Crippen LogP contribution in [-0.4, -0.2) is 22.1 Å². The van der Waals surface area contributed by atoms with E-state index in [9.17, 15) is 4.79 Å². The van der Waals surface area contributed by atoms with Crippen LogP contribution in [0.3, 0.4) is 0 Å². The number of nitrogens with two attached hydrogens (primary N) is 1. The van der Waals surface area contributed by atoms with Gasteiger partial charge in [-0.2, -0.15) is 0 Å². The highest BCUT2D eigenvalue weighted by Gasteiger charge is 2.21. The largest absolute Gasteiger partial charge is 0.480 e. The number of fused-ring (bicyclic) bond motifs is 1. The van der Waals surface area contributed by atoms with Crippen molar-refractivity contribution < 1.29 is 9.90 Å². The van der Waals surface area contributed by atoms with Gasteiger partial charge in [0.05, 0.1) is 0 Å². The number of hydrogen-bond donors (Lipinski definition) is 3. The number of aliphatic carboxylic acids is 1. The Morgan fingerprint density at radius 3 is 2.85 bits per heavy atom. The molecule has 0 amide bonds. The predicted molar refractivity (Wildman–Crippen MR) is 80.8 cm³/mol. The maximum Gasteiger partial charge on any atom is 0.320 e. The lowest BCUT2D eigenvalue weighted by molar-refractivity contribution is -0.138. The smallest absolute Gasteiger partial charge is 0.320 e. The molecule has 4 N–H and O–H groups in total. The number of nitrogens with one attached hydrogen (secondary N) is 1. The molecule has 106 valence electrons. The van der Waals surface area contributed by atoms with Crippen LogP contribution < -0.4 is 5.73 Å². The third kappa shape index (κ3) is 2.47. The molecule has 0 aliphatic carbocycles. The number of carbonyl (C=O) groups is 1. The zero-order valence-electron chi connectivity index (χ0n) is 11.8. The van der Waals surface area contributed by atoms with E-state index >= 15 is 0 Å². The second-order valence-corrected chi connectivity index (χ2v) is 5.62. The van der Waals surface area contributed by atoms with Crippen LogP contribution in [0.15, 0.2) is 37.1 Å². The van der Waals surface area contributed by atoms with Crippen molar-refractivity contribution in [3.8, 4) is 0 Å². The number of H-pyrrole nitrogens is 1. The van der Waals surface area contributed by atoms with Crippen LogP contribution in [0, 0.1) is 0 Å². The number of carboxylic acid groups (broad SMARTS) is 1. The molecule has 0 saturated carbocycles. The summed E-state index contributed by atoms with van der Waals surface area (Å²) in [5.41, 5.74) is 8.55. The molecule has 0 aliphatic heterocycles. The summed E-state index contributed by atoms with van der Waals surface area (Å²) in [7, 11) is 0. The molecule has 20 heavy (non-hydrogen) atoms. The molecule has 0 fully saturated rings. The van der Waals surface area contributed by atoms with Gasteiger partial charge in [-0.15, -0.1) is 6.58 Å². The number of hydrogen-bond acceptors (Lipinski definition) is 2. The average Bonchev–Trinajstić information content (AvgIpc) is 2.81. The van der Waals surface area contributed by atoms with Crippen molar-refractivity contribution in [2.24, 2.45) is 5.73 Å². The first-order valence-electron chi connectivity index (χ1n) is 6.58. The molecule has 1 aromatic carbocycles. The van der Waals surface area contributed by atoms with Crippen LogP contribution in [-0.2, 0) is 16.6 Å². The molecule has 0 radical (unpaired) electrons. The Morgan fingerprint density at radius 2 is 2.25 bits per heavy atom. The monoisotopic (exact) mass is 272 g/mol. The molecule has 0 saturated heterocycles. The summed E-state index contributed by atoms with van der Waals surface area (Å²) in [5, 5.41) is 9.95. The standard InChI is InChI=1S/C16H20N2O2/c1-4-16(2,3)12-7-5-6-11-10(9-18-14(11)12)8-13(17)15(19)20/h4-7,9,13,18H,1,8,17H2,2-3H3,(H,19,20). The molecule has 0 aliphatic rings. The summed E-state index contributed by atoms with van der Waals surface area (Å²) >= 11 is 0. The van der Waals surface area contributed by atoms with E-state index in [1.807, 2.05) is 24.4 Å². The van der Waals surface area contributed by atoms with Gasteiger partial charge in [-0.25, -0.2) is 0 Å². The Morgan fingerprint density at radius 1 is 1.55 bits per heavy atom. The van der Waals surface area contributed by atoms with E-state index in [0.717, 1.165) is 22.0 Å². The van der Waals surface area contributed by atoms with Crippen molar-refractivity contribution in [2.75, 3.05) is 0 Å². The van der Waals surface area contributed by atoms with Gasteiger partial charge in [0.25, 0.3) is 0 Å². The second kappa shape index (κ2) is 5.13. The molecule has 0 spiro atoms. The summed E-state index contributed by atoms with van der Waals surface area (Å²) in [6.45, 7) is 8.07. The van der Waals surface area contributed by atoms with E-state index in [0.29, 0.717) is 6.42 Å². The number of aromatic nitrogens is 1. The van der Waals surface area contributed by atoms with Crippen molar-refractivity contribution in [1.82, 2.24) is 4.98 Å². The second-order valence-electron chi connectivity index (χ2n) is 5.62. The number of benzene rings is 1. The van der Waals surface area contributed by atoms with E-state index in [4.69, 9.17) is 10.8 Å². The number of aromatic amines is 1. The average molecular weight is 272 g/mol. The summed E-state index contributed by atoms with van der Waals surface area (Å²) in [6, 6.07) is 5.14. The maximum absolute atomic E-state index is 10.9. The third-order valence-electron chi connectivity index (χ3n) is 3.76. The van der Waals surface area contributed by atoms with Gasteiger partial charge in [0, 0.05) is 28.9 Å². The Balaban J connectivity index is 2.50. The fourth-order valence-corrected chi connectivity index (χ4v) is 2.35. The van der Waals surface area contributed by atoms with Gasteiger partial charge >= 0.3 is 5.97 Å². The fraction of sp³-hybridized carbons (Fsp3) is 0.312. The van der Waals surface area contributed by atoms with Gasteiger partial charge in [0.15, 0.2) is 0 Å². The molecule has 4 heteroatoms. The van der Waals surface area contributed by atoms with Crippen molar-refractivity contribution in [3.05, 3.63) is 48.2 Å². The van der Waals surface area contributed by atoms with Crippen molar-refractivity contribution in [2.45, 2.75) is 31.7 Å². The zero-order valence-corrected chi connectivity index (χ0v) is 11.8. The lowest BCUT2D eigenvalue weighted by atomic mass is 9.83. The van der Waals surface area contributed by atoms with E-state index in [-0.39, 0.29) is 5.41 Å². The zero-order chi connectivity index (χ0) is 14.9. The molecule has 2 aromatic rings. The first kappa shape index (κ1) is 14.3. The maximum atomic E-state index is 10.9. The lowest BCUT2D eigenvalue weighted by Crippen LogP contribution is -2.32. The summed E-state index contributed by atoms with van der Waals surface area (Å²) in [5.74, 6) is -0.984. The van der Waals surface area contributed by atoms with Crippen molar-refractivity contribution in [1.29, 1.82) is 0 Å². The van der Waals surface area contributed by atoms with Crippen molar-refractivity contribution in [3.63, 3.8) is 0 Å². The van der Waals surface area contributed by atoms with Crippen molar-refractivity contribution >= 4 is 16.9 Å². The number of rotatable bonds is 5. The van der Waals surface area contributed by atoms with E-state index in [1.54, 1.807) is 0 Å². The van der Waals surface area contributed by atoms with Crippen LogP contribution in [0.2, 0.25) is 0 Å². The minimum atomic E-state index is -0.984. The van der Waals surface area contributed by atoms with Crippen LogP contribution >= 0.6 is 0 Å². The van der Waals surface area contributed by atoms with Crippen LogP contribution in [0.25, 0.3) is 10.9 Å². The normalized spacial score (nSPS) is 13.3. The Kier molecular flexibility index (Phi) is 3.68. The molecule has 0 bridgehead atoms. The molecule has 1 atom stereocenters. The van der Waals surface area contributed by atoms with E-state index in [2.05, 4.69) is 31.5 Å². The molecular weight excluding hydrogens is 252 g/mol. The Bertz CT molecular complexity index is 656. The minimum Gasteiger partial charge on any atom is -0.480 e. The molecule has 1 heterocycles. The third-order valence-corrected chi connectivity index (χ3v) is 3.76. The SMILES string of the molecule is C=CC(C)(C)c1cccc2c(CC(N)C(=O)O)c[nH]c12. The van der Waals surface area contributed by atoms with Crippen LogP contribution in [0.5, 0.6) is 0 Å². The molecule has 1 aromatic heterocycles. The van der Waals surface area contributed by atoms with Gasteiger partial charge < -0.3 is 15.8 Å². The van der Waals surface area contributed by atoms with Crippen LogP contribution in [0.4, 0.5) is 0 Å². The van der Waals surface area contributed by atoms with Gasteiger partial charge in [0.2, 0.25) is 0 Å². The first-order valence-corrected chi connectivity index (χ1v) is 6.58. The predicted octanol–water partition coefficient (Wildman–Crippen LogP) is 2.59. The Hall–Kier alpha value is -2.07. The van der Waals surface area contributed by atoms with Gasteiger partial charge in [-0.1, -0.05) is 38.1 Å². The molecular formula is C16H20N2O2. The van der Waals surface area contributed by atoms with E-state index < -0.39 is 12.0 Å². The summed E-state index contributed by atoms with van der Waals surface area (Å²) < 4.78 is 0. The van der Waals surface area contributed by atoms with Gasteiger partial charge in [-0.3, -0.25) is 4.79 Å². The quantitative estimate of drug-likeness (QED) is 0.732. The number of allylic oxidation sites excluding steroid dienone is 1. The molecule has 1 unspecified atom stereocenters. The molecule has 2 rings (SSSR count). The lowest BCUT2D eigenvalue weighted by Gasteiger charge is -2.21. The highest BCUT2D eigenvalue weighted by molar-refractivity contribution is 5.88.